The molecule has 2 atom stereocenters. The molecule has 21 heavy (non-hydrogen) atoms. The molecule has 0 aromatic rings. The summed E-state index contributed by atoms with van der Waals surface area (Å²) in [6.45, 7) is 5.29. The summed E-state index contributed by atoms with van der Waals surface area (Å²) in [7, 11) is 1.66. The van der Waals surface area contributed by atoms with E-state index in [-0.39, 0.29) is 12.0 Å². The van der Waals surface area contributed by atoms with Gasteiger partial charge in [-0.3, -0.25) is 4.79 Å². The normalized spacial score (nSPS) is 25.9. The van der Waals surface area contributed by atoms with Gasteiger partial charge in [0.05, 0.1) is 19.3 Å². The van der Waals surface area contributed by atoms with Crippen molar-refractivity contribution < 1.29 is 19.0 Å². The fraction of sp³-hybridized carbons (Fsp3) is 0.933. The van der Waals surface area contributed by atoms with Crippen molar-refractivity contribution in [3.63, 3.8) is 0 Å². The lowest BCUT2D eigenvalue weighted by Crippen LogP contribution is -2.58. The van der Waals surface area contributed by atoms with E-state index in [4.69, 9.17) is 19.9 Å². The average Bonchev–Trinajstić information content (AvgIpc) is 2.47. The van der Waals surface area contributed by atoms with Gasteiger partial charge in [0.1, 0.15) is 5.54 Å². The van der Waals surface area contributed by atoms with Crippen molar-refractivity contribution >= 4 is 5.91 Å². The highest BCUT2D eigenvalue weighted by molar-refractivity contribution is 5.84. The molecule has 0 radical (unpaired) electrons. The van der Waals surface area contributed by atoms with Crippen LogP contribution >= 0.6 is 0 Å². The maximum Gasteiger partial charge on any atom is 0.237 e. The number of likely N-dealkylation sites (N-methyl/N-ethyl adjacent to an activating group) is 1. The molecule has 0 bridgehead atoms. The molecule has 124 valence electrons. The lowest BCUT2D eigenvalue weighted by molar-refractivity contribution is -0.128. The monoisotopic (exact) mass is 302 g/mol. The summed E-state index contributed by atoms with van der Waals surface area (Å²) in [6, 6.07) is 0. The van der Waals surface area contributed by atoms with Gasteiger partial charge in [0.15, 0.2) is 0 Å². The van der Waals surface area contributed by atoms with Gasteiger partial charge >= 0.3 is 0 Å². The standard InChI is InChI=1S/C15H30N2O4/c1-3-17-15(14(16)18)7-4-6-13(12-15)21-9-5-8-20-11-10-19-2/h13,17H,3-12H2,1-2H3,(H2,16,18). The Kier molecular flexibility index (Phi) is 8.84. The molecule has 1 rings (SSSR count). The average molecular weight is 302 g/mol. The van der Waals surface area contributed by atoms with Gasteiger partial charge in [-0.05, 0) is 32.2 Å². The van der Waals surface area contributed by atoms with Gasteiger partial charge in [-0.1, -0.05) is 6.92 Å². The van der Waals surface area contributed by atoms with E-state index in [1.807, 2.05) is 6.92 Å². The summed E-state index contributed by atoms with van der Waals surface area (Å²) in [4.78, 5) is 11.8. The number of carbonyl (C=O) groups is 1. The fourth-order valence-corrected chi connectivity index (χ4v) is 2.83. The minimum atomic E-state index is -0.591. The van der Waals surface area contributed by atoms with Crippen LogP contribution in [0.5, 0.6) is 0 Å². The smallest absolute Gasteiger partial charge is 0.237 e. The first-order valence-corrected chi connectivity index (χ1v) is 7.88. The summed E-state index contributed by atoms with van der Waals surface area (Å²) < 4.78 is 16.2. The van der Waals surface area contributed by atoms with Crippen molar-refractivity contribution in [2.75, 3.05) is 40.1 Å². The van der Waals surface area contributed by atoms with Crippen molar-refractivity contribution in [2.45, 2.75) is 50.7 Å². The molecule has 0 saturated heterocycles. The molecule has 0 aromatic heterocycles. The first-order valence-electron chi connectivity index (χ1n) is 7.88. The molecular formula is C15H30N2O4. The number of amides is 1. The first kappa shape index (κ1) is 18.4. The van der Waals surface area contributed by atoms with Gasteiger partial charge in [0.2, 0.25) is 5.91 Å². The molecular weight excluding hydrogens is 272 g/mol. The van der Waals surface area contributed by atoms with Crippen molar-refractivity contribution in [3.05, 3.63) is 0 Å². The first-order chi connectivity index (χ1) is 10.1. The quantitative estimate of drug-likeness (QED) is 0.552. The van der Waals surface area contributed by atoms with E-state index in [0.717, 1.165) is 32.2 Å². The van der Waals surface area contributed by atoms with E-state index in [9.17, 15) is 4.79 Å². The molecule has 6 heteroatoms. The zero-order valence-electron chi connectivity index (χ0n) is 13.4. The molecule has 0 heterocycles. The van der Waals surface area contributed by atoms with Gasteiger partial charge in [0.25, 0.3) is 0 Å². The van der Waals surface area contributed by atoms with Crippen LogP contribution in [-0.2, 0) is 19.0 Å². The van der Waals surface area contributed by atoms with E-state index in [1.54, 1.807) is 7.11 Å². The van der Waals surface area contributed by atoms with Gasteiger partial charge in [-0.2, -0.15) is 0 Å². The van der Waals surface area contributed by atoms with Crippen molar-refractivity contribution in [3.8, 4) is 0 Å². The van der Waals surface area contributed by atoms with E-state index in [0.29, 0.717) is 32.8 Å². The maximum atomic E-state index is 11.8. The SMILES string of the molecule is CCNC1(C(N)=O)CCCC(OCCCOCCOC)C1. The number of ether oxygens (including phenoxy) is 3. The molecule has 1 aliphatic carbocycles. The van der Waals surface area contributed by atoms with Crippen LogP contribution < -0.4 is 11.1 Å². The topological polar surface area (TPSA) is 82.8 Å². The number of rotatable bonds is 11. The van der Waals surface area contributed by atoms with E-state index < -0.39 is 5.54 Å². The molecule has 0 aliphatic heterocycles. The van der Waals surface area contributed by atoms with E-state index >= 15 is 0 Å². The Labute approximate surface area is 127 Å². The second kappa shape index (κ2) is 10.1. The maximum absolute atomic E-state index is 11.8. The Morgan fingerprint density at radius 3 is 2.81 bits per heavy atom. The Hall–Kier alpha value is -0.690. The number of hydrogen-bond donors (Lipinski definition) is 2. The molecule has 6 nitrogen and oxygen atoms in total. The predicted octanol–water partition coefficient (Wildman–Crippen LogP) is 0.832. The lowest BCUT2D eigenvalue weighted by atomic mass is 9.79. The largest absolute Gasteiger partial charge is 0.382 e. The van der Waals surface area contributed by atoms with E-state index in [1.165, 1.54) is 0 Å². The summed E-state index contributed by atoms with van der Waals surface area (Å²) in [6.07, 6.45) is 4.38. The highest BCUT2D eigenvalue weighted by Crippen LogP contribution is 2.30. The third-order valence-corrected chi connectivity index (χ3v) is 3.91. The number of nitrogens with one attached hydrogen (secondary N) is 1. The second-order valence-corrected chi connectivity index (χ2v) is 5.52. The molecule has 1 saturated carbocycles. The van der Waals surface area contributed by atoms with Crippen LogP contribution in [0.4, 0.5) is 0 Å². The fourth-order valence-electron chi connectivity index (χ4n) is 2.83. The van der Waals surface area contributed by atoms with Gasteiger partial charge in [-0.15, -0.1) is 0 Å². The van der Waals surface area contributed by atoms with Crippen LogP contribution in [0.3, 0.4) is 0 Å². The summed E-state index contributed by atoms with van der Waals surface area (Å²) in [5.74, 6) is -0.263. The summed E-state index contributed by atoms with van der Waals surface area (Å²) >= 11 is 0. The Morgan fingerprint density at radius 2 is 2.14 bits per heavy atom. The molecule has 2 unspecified atom stereocenters. The number of hydrogen-bond acceptors (Lipinski definition) is 5. The van der Waals surface area contributed by atoms with E-state index in [2.05, 4.69) is 5.32 Å². The Balaban J connectivity index is 2.24. The van der Waals surface area contributed by atoms with Crippen molar-refractivity contribution in [2.24, 2.45) is 5.73 Å². The van der Waals surface area contributed by atoms with Gasteiger partial charge < -0.3 is 25.3 Å². The van der Waals surface area contributed by atoms with Crippen LogP contribution in [0, 0.1) is 0 Å². The highest BCUT2D eigenvalue weighted by atomic mass is 16.5. The molecule has 1 amide bonds. The molecule has 1 fully saturated rings. The van der Waals surface area contributed by atoms with Crippen LogP contribution in [0.25, 0.3) is 0 Å². The van der Waals surface area contributed by atoms with Crippen LogP contribution in [0.1, 0.15) is 39.0 Å². The minimum absolute atomic E-state index is 0.101. The summed E-state index contributed by atoms with van der Waals surface area (Å²) in [5, 5.41) is 3.26. The Morgan fingerprint density at radius 1 is 1.33 bits per heavy atom. The van der Waals surface area contributed by atoms with Crippen molar-refractivity contribution in [1.29, 1.82) is 0 Å². The zero-order chi connectivity index (χ0) is 15.6. The number of methoxy groups -OCH3 is 1. The highest BCUT2D eigenvalue weighted by Gasteiger charge is 2.40. The van der Waals surface area contributed by atoms with Gasteiger partial charge in [0, 0.05) is 26.7 Å². The third kappa shape index (κ3) is 6.30. The number of primary amides is 1. The molecule has 1 aliphatic rings. The lowest BCUT2D eigenvalue weighted by Gasteiger charge is -2.39. The molecule has 0 aromatic carbocycles. The Bertz CT molecular complexity index is 297. The predicted molar refractivity (Wildman–Crippen MR) is 81.1 cm³/mol. The zero-order valence-corrected chi connectivity index (χ0v) is 13.4. The second-order valence-electron chi connectivity index (χ2n) is 5.52. The minimum Gasteiger partial charge on any atom is -0.382 e. The molecule has 0 spiro atoms. The van der Waals surface area contributed by atoms with Crippen molar-refractivity contribution in [1.82, 2.24) is 5.32 Å². The number of carbonyl (C=O) groups excluding carboxylic acids is 1. The summed E-state index contributed by atoms with van der Waals surface area (Å²) in [5.41, 5.74) is 4.99. The van der Waals surface area contributed by atoms with Crippen LogP contribution in [-0.4, -0.2) is 57.6 Å². The van der Waals surface area contributed by atoms with Crippen LogP contribution in [0.15, 0.2) is 0 Å². The third-order valence-electron chi connectivity index (χ3n) is 3.91. The number of nitrogens with two attached hydrogens (primary N) is 1. The van der Waals surface area contributed by atoms with Crippen LogP contribution in [0.2, 0.25) is 0 Å². The molecule has 3 N–H and O–H groups in total. The van der Waals surface area contributed by atoms with Gasteiger partial charge in [-0.25, -0.2) is 0 Å².